The molecule has 0 spiro atoms. The molecular weight excluding hydrogens is 224 g/mol. The third-order valence-corrected chi connectivity index (χ3v) is 3.68. The Balaban J connectivity index is 0.000000245. The van der Waals surface area contributed by atoms with Crippen LogP contribution in [0.15, 0.2) is 0 Å². The van der Waals surface area contributed by atoms with Gasteiger partial charge in [-0.25, -0.2) is 0 Å². The first-order valence-corrected chi connectivity index (χ1v) is 7.71. The molecule has 0 atom stereocenters. The van der Waals surface area contributed by atoms with Crippen LogP contribution in [0, 0.1) is 5.92 Å². The van der Waals surface area contributed by atoms with E-state index in [0.717, 1.165) is 5.92 Å². The first kappa shape index (κ1) is 17.5. The number of hydrogen-bond donors (Lipinski definition) is 0. The lowest BCUT2D eigenvalue weighted by atomic mass is 9.91. The van der Waals surface area contributed by atoms with Gasteiger partial charge < -0.3 is 4.74 Å². The van der Waals surface area contributed by atoms with Crippen LogP contribution in [0.1, 0.15) is 84.5 Å². The maximum atomic E-state index is 9.59. The van der Waals surface area contributed by atoms with Crippen molar-refractivity contribution in [2.24, 2.45) is 5.92 Å². The highest BCUT2D eigenvalue weighted by Gasteiger charge is 2.05. The van der Waals surface area contributed by atoms with Crippen molar-refractivity contribution in [3.05, 3.63) is 0 Å². The van der Waals surface area contributed by atoms with E-state index in [-0.39, 0.29) is 5.97 Å². The zero-order valence-electron chi connectivity index (χ0n) is 12.7. The van der Waals surface area contributed by atoms with Crippen LogP contribution in [0.25, 0.3) is 0 Å². The molecule has 0 aromatic rings. The summed E-state index contributed by atoms with van der Waals surface area (Å²) in [4.78, 5) is 9.59. The summed E-state index contributed by atoms with van der Waals surface area (Å²) in [5, 5.41) is 0. The highest BCUT2D eigenvalue weighted by atomic mass is 16.5. The van der Waals surface area contributed by atoms with Gasteiger partial charge in [0, 0.05) is 6.92 Å². The number of methoxy groups -OCH3 is 1. The van der Waals surface area contributed by atoms with Crippen molar-refractivity contribution < 1.29 is 9.53 Å². The van der Waals surface area contributed by atoms with E-state index in [9.17, 15) is 4.79 Å². The van der Waals surface area contributed by atoms with Crippen molar-refractivity contribution in [3.63, 3.8) is 0 Å². The molecular formula is C16H32O2. The van der Waals surface area contributed by atoms with Crippen molar-refractivity contribution in [2.45, 2.75) is 84.5 Å². The van der Waals surface area contributed by atoms with E-state index < -0.39 is 0 Å². The lowest BCUT2D eigenvalue weighted by molar-refractivity contribution is -0.137. The van der Waals surface area contributed by atoms with Gasteiger partial charge in [0.15, 0.2) is 0 Å². The third-order valence-electron chi connectivity index (χ3n) is 3.68. The summed E-state index contributed by atoms with van der Waals surface area (Å²) in [6, 6.07) is 0. The van der Waals surface area contributed by atoms with Gasteiger partial charge >= 0.3 is 5.97 Å². The molecule has 0 N–H and O–H groups in total. The summed E-state index contributed by atoms with van der Waals surface area (Å²) >= 11 is 0. The quantitative estimate of drug-likeness (QED) is 0.563. The summed E-state index contributed by atoms with van der Waals surface area (Å²) < 4.78 is 4.11. The minimum absolute atomic E-state index is 0.245. The van der Waals surface area contributed by atoms with Gasteiger partial charge in [0.05, 0.1) is 7.11 Å². The average molecular weight is 256 g/mol. The summed E-state index contributed by atoms with van der Waals surface area (Å²) in [6.45, 7) is 3.72. The lowest BCUT2D eigenvalue weighted by Crippen LogP contribution is -1.99. The average Bonchev–Trinajstić information content (AvgIpc) is 2.43. The van der Waals surface area contributed by atoms with Crippen LogP contribution in [-0.2, 0) is 9.53 Å². The van der Waals surface area contributed by atoms with Crippen LogP contribution in [0.2, 0.25) is 0 Å². The predicted molar refractivity (Wildman–Crippen MR) is 77.6 cm³/mol. The van der Waals surface area contributed by atoms with Gasteiger partial charge in [-0.3, -0.25) is 4.79 Å². The van der Waals surface area contributed by atoms with E-state index >= 15 is 0 Å². The molecule has 2 saturated carbocycles. The number of carbonyl (C=O) groups is 1. The van der Waals surface area contributed by atoms with Gasteiger partial charge in [-0.2, -0.15) is 0 Å². The zero-order chi connectivity index (χ0) is 13.6. The minimum Gasteiger partial charge on any atom is -0.469 e. The van der Waals surface area contributed by atoms with Crippen LogP contribution in [0.3, 0.4) is 0 Å². The Bertz CT molecular complexity index is 168. The largest absolute Gasteiger partial charge is 0.469 e. The van der Waals surface area contributed by atoms with Crippen LogP contribution < -0.4 is 0 Å². The molecule has 2 nitrogen and oxygen atoms in total. The summed E-state index contributed by atoms with van der Waals surface area (Å²) in [5.74, 6) is 0.791. The highest BCUT2D eigenvalue weighted by Crippen LogP contribution is 2.22. The van der Waals surface area contributed by atoms with E-state index in [0.29, 0.717) is 0 Å². The third kappa shape index (κ3) is 13.5. The Morgan fingerprint density at radius 3 is 1.28 bits per heavy atom. The SMILES string of the molecule is C1CCCCC1.CC1CCCCC1.COC(C)=O. The van der Waals surface area contributed by atoms with Gasteiger partial charge in [0.1, 0.15) is 0 Å². The molecule has 2 aliphatic carbocycles. The number of rotatable bonds is 0. The van der Waals surface area contributed by atoms with Crippen molar-refractivity contribution in [2.75, 3.05) is 7.11 Å². The van der Waals surface area contributed by atoms with Crippen molar-refractivity contribution in [3.8, 4) is 0 Å². The molecule has 2 fully saturated rings. The molecule has 0 saturated heterocycles. The molecule has 2 heteroatoms. The molecule has 18 heavy (non-hydrogen) atoms. The number of esters is 1. The molecule has 0 amide bonds. The van der Waals surface area contributed by atoms with Crippen LogP contribution in [0.4, 0.5) is 0 Å². The van der Waals surface area contributed by atoms with Gasteiger partial charge in [-0.1, -0.05) is 77.6 Å². The first-order valence-electron chi connectivity index (χ1n) is 7.71. The Kier molecular flexibility index (Phi) is 12.5. The van der Waals surface area contributed by atoms with Crippen molar-refractivity contribution in [1.29, 1.82) is 0 Å². The molecule has 2 rings (SSSR count). The number of carbonyl (C=O) groups excluding carboxylic acids is 1. The second kappa shape index (κ2) is 12.9. The number of ether oxygens (including phenoxy) is 1. The summed E-state index contributed by atoms with van der Waals surface area (Å²) in [6.07, 6.45) is 16.4. The monoisotopic (exact) mass is 256 g/mol. The van der Waals surface area contributed by atoms with E-state index in [1.54, 1.807) is 0 Å². The fourth-order valence-corrected chi connectivity index (χ4v) is 2.37. The topological polar surface area (TPSA) is 26.3 Å². The number of hydrogen-bond acceptors (Lipinski definition) is 2. The Morgan fingerprint density at radius 2 is 1.11 bits per heavy atom. The molecule has 0 bridgehead atoms. The van der Waals surface area contributed by atoms with Crippen LogP contribution >= 0.6 is 0 Å². The maximum Gasteiger partial charge on any atom is 0.302 e. The highest BCUT2D eigenvalue weighted by molar-refractivity contribution is 5.65. The molecule has 0 aromatic heterocycles. The standard InChI is InChI=1S/C7H14.C6H12.C3H6O2/c1-7-5-3-2-4-6-7;1-2-4-6-5-3-1;1-3(4)5-2/h7H,2-6H2,1H3;1-6H2;1-2H3. The predicted octanol–water partition coefficient (Wildman–Crippen LogP) is 5.11. The van der Waals surface area contributed by atoms with Crippen molar-refractivity contribution >= 4 is 5.97 Å². The van der Waals surface area contributed by atoms with E-state index in [4.69, 9.17) is 0 Å². The Morgan fingerprint density at radius 1 is 0.833 bits per heavy atom. The first-order chi connectivity index (χ1) is 8.66. The van der Waals surface area contributed by atoms with Crippen molar-refractivity contribution in [1.82, 2.24) is 0 Å². The minimum atomic E-state index is -0.245. The second-order valence-electron chi connectivity index (χ2n) is 5.56. The Hall–Kier alpha value is -0.530. The molecule has 0 aromatic carbocycles. The fourth-order valence-electron chi connectivity index (χ4n) is 2.37. The molecule has 108 valence electrons. The fraction of sp³-hybridized carbons (Fsp3) is 0.938. The van der Waals surface area contributed by atoms with Gasteiger partial charge in [-0.05, 0) is 5.92 Å². The van der Waals surface area contributed by atoms with Gasteiger partial charge in [0.2, 0.25) is 0 Å². The van der Waals surface area contributed by atoms with Gasteiger partial charge in [0.25, 0.3) is 0 Å². The smallest absolute Gasteiger partial charge is 0.302 e. The van der Waals surface area contributed by atoms with E-state index in [1.807, 2.05) is 0 Å². The molecule has 0 radical (unpaired) electrons. The summed E-state index contributed by atoms with van der Waals surface area (Å²) in [7, 11) is 1.35. The zero-order valence-corrected chi connectivity index (χ0v) is 12.7. The normalized spacial score (nSPS) is 19.7. The lowest BCUT2D eigenvalue weighted by Gasteiger charge is -2.15. The maximum absolute atomic E-state index is 9.59. The summed E-state index contributed by atoms with van der Waals surface area (Å²) in [5.41, 5.74) is 0. The van der Waals surface area contributed by atoms with Crippen LogP contribution in [-0.4, -0.2) is 13.1 Å². The van der Waals surface area contributed by atoms with Crippen LogP contribution in [0.5, 0.6) is 0 Å². The molecule has 0 unspecified atom stereocenters. The molecule has 2 aliphatic rings. The second-order valence-corrected chi connectivity index (χ2v) is 5.56. The molecule has 0 aliphatic heterocycles. The Labute approximate surface area is 113 Å². The van der Waals surface area contributed by atoms with Gasteiger partial charge in [-0.15, -0.1) is 0 Å². The van der Waals surface area contributed by atoms with E-state index in [1.165, 1.54) is 84.7 Å². The molecule has 0 heterocycles. The van der Waals surface area contributed by atoms with E-state index in [2.05, 4.69) is 11.7 Å².